The van der Waals surface area contributed by atoms with E-state index in [1.807, 2.05) is 0 Å². The van der Waals surface area contributed by atoms with Crippen LogP contribution in [-0.2, 0) is 0 Å². The quantitative estimate of drug-likeness (QED) is 0.660. The zero-order valence-corrected chi connectivity index (χ0v) is 6.60. The van der Waals surface area contributed by atoms with Crippen molar-refractivity contribution in [3.05, 3.63) is 29.6 Å². The molecule has 1 rings (SSSR count). The summed E-state index contributed by atoms with van der Waals surface area (Å²) in [6, 6.07) is 3.61. The molecule has 0 bridgehead atoms. The molecule has 0 aliphatic heterocycles. The van der Waals surface area contributed by atoms with Gasteiger partial charge in [0.25, 0.3) is 0 Å². The number of alkyl halides is 3. The largest absolute Gasteiger partial charge is 0.573 e. The number of nitriles is 1. The maximum Gasteiger partial charge on any atom is 0.573 e. The first-order valence-electron chi connectivity index (χ1n) is 3.38. The van der Waals surface area contributed by atoms with Crippen LogP contribution in [0, 0.1) is 17.1 Å². The van der Waals surface area contributed by atoms with Gasteiger partial charge in [0, 0.05) is 6.07 Å². The molecule has 0 spiro atoms. The van der Waals surface area contributed by atoms with Crippen molar-refractivity contribution in [3.8, 4) is 11.8 Å². The lowest BCUT2D eigenvalue weighted by atomic mass is 10.2. The van der Waals surface area contributed by atoms with Gasteiger partial charge in [-0.05, 0) is 12.1 Å². The van der Waals surface area contributed by atoms with Gasteiger partial charge in [0.05, 0.1) is 5.56 Å². The number of ether oxygens (including phenoxy) is 1. The molecular formula is C8H3F4NO. The van der Waals surface area contributed by atoms with Crippen molar-refractivity contribution in [1.29, 1.82) is 5.26 Å². The first-order valence-corrected chi connectivity index (χ1v) is 3.38. The Labute approximate surface area is 76.3 Å². The maximum absolute atomic E-state index is 12.6. The summed E-state index contributed by atoms with van der Waals surface area (Å²) < 4.78 is 51.2. The second-order valence-electron chi connectivity index (χ2n) is 2.30. The van der Waals surface area contributed by atoms with Crippen LogP contribution in [0.2, 0.25) is 0 Å². The third kappa shape index (κ3) is 2.62. The highest BCUT2D eigenvalue weighted by Crippen LogP contribution is 2.24. The van der Waals surface area contributed by atoms with Gasteiger partial charge < -0.3 is 4.74 Å². The number of hydrogen-bond acceptors (Lipinski definition) is 2. The Kier molecular flexibility index (Phi) is 2.60. The molecule has 0 saturated carbocycles. The minimum Gasteiger partial charge on any atom is -0.406 e. The second kappa shape index (κ2) is 3.54. The van der Waals surface area contributed by atoms with E-state index < -0.39 is 23.5 Å². The van der Waals surface area contributed by atoms with E-state index >= 15 is 0 Å². The molecule has 6 heteroatoms. The van der Waals surface area contributed by atoms with Crippen molar-refractivity contribution in [3.63, 3.8) is 0 Å². The minimum atomic E-state index is -4.84. The number of rotatable bonds is 1. The van der Waals surface area contributed by atoms with Crippen LogP contribution in [-0.4, -0.2) is 6.36 Å². The number of nitrogens with zero attached hydrogens (tertiary/aromatic N) is 1. The fourth-order valence-electron chi connectivity index (χ4n) is 0.787. The smallest absolute Gasteiger partial charge is 0.406 e. The van der Waals surface area contributed by atoms with Gasteiger partial charge in [-0.25, -0.2) is 4.39 Å². The lowest BCUT2D eigenvalue weighted by Gasteiger charge is -2.08. The van der Waals surface area contributed by atoms with Crippen molar-refractivity contribution in [1.82, 2.24) is 0 Å². The molecule has 1 aromatic carbocycles. The van der Waals surface area contributed by atoms with E-state index in [-0.39, 0.29) is 0 Å². The molecule has 0 N–H and O–H groups in total. The van der Waals surface area contributed by atoms with Crippen LogP contribution in [0.4, 0.5) is 17.6 Å². The average Bonchev–Trinajstić information content (AvgIpc) is 2.06. The molecule has 74 valence electrons. The van der Waals surface area contributed by atoms with E-state index in [0.717, 1.165) is 12.1 Å². The highest BCUT2D eigenvalue weighted by molar-refractivity contribution is 5.37. The molecule has 14 heavy (non-hydrogen) atoms. The Balaban J connectivity index is 2.97. The van der Waals surface area contributed by atoms with Crippen LogP contribution in [0.15, 0.2) is 18.2 Å². The first-order chi connectivity index (χ1) is 6.42. The maximum atomic E-state index is 12.6. The predicted octanol–water partition coefficient (Wildman–Crippen LogP) is 2.60. The molecular weight excluding hydrogens is 202 g/mol. The fourth-order valence-corrected chi connectivity index (χ4v) is 0.787. The summed E-state index contributed by atoms with van der Waals surface area (Å²) >= 11 is 0. The van der Waals surface area contributed by atoms with E-state index in [4.69, 9.17) is 5.26 Å². The molecule has 0 fully saturated rings. The Morgan fingerprint density at radius 3 is 2.43 bits per heavy atom. The highest BCUT2D eigenvalue weighted by atomic mass is 19.4. The zero-order valence-electron chi connectivity index (χ0n) is 6.60. The van der Waals surface area contributed by atoms with Crippen LogP contribution in [0.5, 0.6) is 5.75 Å². The van der Waals surface area contributed by atoms with Crippen LogP contribution in [0.3, 0.4) is 0 Å². The molecule has 1 aromatic rings. The van der Waals surface area contributed by atoms with Crippen LogP contribution >= 0.6 is 0 Å². The standard InChI is InChI=1S/C8H3F4NO/c9-7-2-1-6(3-5(7)4-13)14-8(10,11)12/h1-3H. The predicted molar refractivity (Wildman–Crippen MR) is 37.8 cm³/mol. The third-order valence-electron chi connectivity index (χ3n) is 1.29. The van der Waals surface area contributed by atoms with Gasteiger partial charge in [0.1, 0.15) is 17.6 Å². The lowest BCUT2D eigenvalue weighted by Crippen LogP contribution is -2.17. The summed E-state index contributed by atoms with van der Waals surface area (Å²) in [6.07, 6.45) is -4.84. The topological polar surface area (TPSA) is 33.0 Å². The molecule has 0 aliphatic carbocycles. The van der Waals surface area contributed by atoms with Crippen molar-refractivity contribution in [2.45, 2.75) is 6.36 Å². The van der Waals surface area contributed by atoms with E-state index in [0.29, 0.717) is 6.07 Å². The number of hydrogen-bond donors (Lipinski definition) is 0. The normalized spacial score (nSPS) is 10.8. The van der Waals surface area contributed by atoms with E-state index in [1.54, 1.807) is 0 Å². The Morgan fingerprint density at radius 1 is 1.29 bits per heavy atom. The molecule has 0 aromatic heterocycles. The first kappa shape index (κ1) is 10.3. The Morgan fingerprint density at radius 2 is 1.93 bits per heavy atom. The molecule has 0 amide bonds. The van der Waals surface area contributed by atoms with Crippen molar-refractivity contribution >= 4 is 0 Å². The summed E-state index contributed by atoms with van der Waals surface area (Å²) in [5, 5.41) is 8.31. The molecule has 0 aliphatic rings. The van der Waals surface area contributed by atoms with Gasteiger partial charge in [-0.2, -0.15) is 5.26 Å². The third-order valence-corrected chi connectivity index (χ3v) is 1.29. The Bertz CT molecular complexity index is 380. The average molecular weight is 205 g/mol. The summed E-state index contributed by atoms with van der Waals surface area (Å²) in [6.45, 7) is 0. The molecule has 0 saturated heterocycles. The van der Waals surface area contributed by atoms with Gasteiger partial charge in [-0.3, -0.25) is 0 Å². The second-order valence-corrected chi connectivity index (χ2v) is 2.30. The fraction of sp³-hybridized carbons (Fsp3) is 0.125. The highest BCUT2D eigenvalue weighted by Gasteiger charge is 2.31. The molecule has 0 radical (unpaired) electrons. The van der Waals surface area contributed by atoms with Gasteiger partial charge in [0.15, 0.2) is 0 Å². The van der Waals surface area contributed by atoms with Gasteiger partial charge in [-0.1, -0.05) is 0 Å². The van der Waals surface area contributed by atoms with Crippen LogP contribution in [0.1, 0.15) is 5.56 Å². The molecule has 0 unspecified atom stereocenters. The molecule has 0 heterocycles. The summed E-state index contributed by atoms with van der Waals surface area (Å²) in [7, 11) is 0. The lowest BCUT2D eigenvalue weighted by molar-refractivity contribution is -0.274. The van der Waals surface area contributed by atoms with Gasteiger partial charge in [0.2, 0.25) is 0 Å². The van der Waals surface area contributed by atoms with Crippen LogP contribution < -0.4 is 4.74 Å². The van der Waals surface area contributed by atoms with E-state index in [9.17, 15) is 17.6 Å². The molecule has 2 nitrogen and oxygen atoms in total. The number of halogens is 4. The summed E-state index contributed by atoms with van der Waals surface area (Å²) in [5.41, 5.74) is -0.494. The minimum absolute atomic E-state index is 0.494. The zero-order chi connectivity index (χ0) is 10.8. The van der Waals surface area contributed by atoms with Crippen molar-refractivity contribution < 1.29 is 22.3 Å². The van der Waals surface area contributed by atoms with Crippen LogP contribution in [0.25, 0.3) is 0 Å². The number of benzene rings is 1. The van der Waals surface area contributed by atoms with Gasteiger partial charge >= 0.3 is 6.36 Å². The van der Waals surface area contributed by atoms with E-state index in [2.05, 4.69) is 4.74 Å². The monoisotopic (exact) mass is 205 g/mol. The summed E-state index contributed by atoms with van der Waals surface area (Å²) in [4.78, 5) is 0. The van der Waals surface area contributed by atoms with Crippen molar-refractivity contribution in [2.75, 3.05) is 0 Å². The van der Waals surface area contributed by atoms with Gasteiger partial charge in [-0.15, -0.1) is 13.2 Å². The SMILES string of the molecule is N#Cc1cc(OC(F)(F)F)ccc1F. The summed E-state index contributed by atoms with van der Waals surface area (Å²) in [5.74, 6) is -1.50. The Hall–Kier alpha value is -1.77. The molecule has 0 atom stereocenters. The van der Waals surface area contributed by atoms with E-state index in [1.165, 1.54) is 6.07 Å². The van der Waals surface area contributed by atoms with Crippen molar-refractivity contribution in [2.24, 2.45) is 0 Å².